The fourth-order valence-electron chi connectivity index (χ4n) is 3.12. The zero-order chi connectivity index (χ0) is 22.7. The number of guanidine groups is 1. The largest absolute Gasteiger partial charge is 0.463 e. The van der Waals surface area contributed by atoms with Crippen LogP contribution in [0.1, 0.15) is 60.1 Å². The van der Waals surface area contributed by atoms with Crippen LogP contribution < -0.4 is 5.32 Å². The number of fused-ring (bicyclic) bond motifs is 1. The van der Waals surface area contributed by atoms with Crippen LogP contribution in [0.5, 0.6) is 0 Å². The Kier molecular flexibility index (Phi) is 6.75. The van der Waals surface area contributed by atoms with Crippen molar-refractivity contribution < 1.29 is 19.4 Å². The highest BCUT2D eigenvalue weighted by molar-refractivity contribution is 5.99. The van der Waals surface area contributed by atoms with E-state index >= 15 is 0 Å². The summed E-state index contributed by atoms with van der Waals surface area (Å²) in [5, 5.41) is 14.6. The number of ether oxygens (including phenoxy) is 1. The minimum absolute atomic E-state index is 0.0790. The quantitative estimate of drug-likeness (QED) is 0.497. The van der Waals surface area contributed by atoms with Crippen molar-refractivity contribution in [1.29, 1.82) is 0 Å². The molecule has 2 aromatic carbocycles. The number of carbonyl (C=O) groups is 2. The molecule has 0 aromatic heterocycles. The minimum Gasteiger partial charge on any atom is -0.463 e. The third-order valence-electron chi connectivity index (χ3n) is 4.30. The second kappa shape index (κ2) is 8.73. The van der Waals surface area contributed by atoms with Crippen LogP contribution in [-0.2, 0) is 4.74 Å². The number of rotatable bonds is 2. The Bertz CT molecular complexity index is 950. The molecule has 2 N–H and O–H groups in total. The summed E-state index contributed by atoms with van der Waals surface area (Å²) in [6, 6.07) is 13.5. The Morgan fingerprint density at radius 2 is 1.63 bits per heavy atom. The van der Waals surface area contributed by atoms with Crippen LogP contribution in [0.15, 0.2) is 47.5 Å². The van der Waals surface area contributed by atoms with Crippen molar-refractivity contribution >= 4 is 28.9 Å². The molecule has 0 saturated carbocycles. The first-order valence-corrected chi connectivity index (χ1v) is 9.88. The van der Waals surface area contributed by atoms with Crippen molar-refractivity contribution in [3.63, 3.8) is 0 Å². The van der Waals surface area contributed by atoms with E-state index < -0.39 is 23.3 Å². The first-order chi connectivity index (χ1) is 13.8. The van der Waals surface area contributed by atoms with Gasteiger partial charge >= 0.3 is 12.2 Å². The molecule has 0 fully saturated rings. The summed E-state index contributed by atoms with van der Waals surface area (Å²) in [5.41, 5.74) is -0.553. The molecular formula is C23H31N3O4. The highest BCUT2D eigenvalue weighted by atomic mass is 16.6. The fourth-order valence-corrected chi connectivity index (χ4v) is 3.12. The highest BCUT2D eigenvalue weighted by Crippen LogP contribution is 2.25. The van der Waals surface area contributed by atoms with Crippen LogP contribution >= 0.6 is 0 Å². The van der Waals surface area contributed by atoms with Crippen LogP contribution in [0.4, 0.5) is 9.59 Å². The van der Waals surface area contributed by atoms with E-state index in [0.29, 0.717) is 0 Å². The van der Waals surface area contributed by atoms with Crippen LogP contribution in [0.3, 0.4) is 0 Å². The molecule has 30 heavy (non-hydrogen) atoms. The Labute approximate surface area is 177 Å². The molecule has 7 nitrogen and oxygen atoms in total. The standard InChI is InChI=1S/C23H31N3O4/c1-15(17-14-10-12-16-11-8-9-13-18(16)17)24-19(25-20(27)28)26(22(2,3)4)21(29)30-23(5,6)7/h8-15H,1-7H3,(H,24,25)(H,27,28)/t15-/m1/s1. The molecule has 0 spiro atoms. The zero-order valence-corrected chi connectivity index (χ0v) is 18.7. The van der Waals surface area contributed by atoms with Crippen molar-refractivity contribution in [2.45, 2.75) is 65.6 Å². The highest BCUT2D eigenvalue weighted by Gasteiger charge is 2.36. The maximum Gasteiger partial charge on any atom is 0.434 e. The molecule has 7 heteroatoms. The van der Waals surface area contributed by atoms with Gasteiger partial charge in [0.15, 0.2) is 0 Å². The topological polar surface area (TPSA) is 91.2 Å². The van der Waals surface area contributed by atoms with Gasteiger partial charge in [-0.25, -0.2) is 14.5 Å². The van der Waals surface area contributed by atoms with Crippen molar-refractivity contribution in [2.75, 3.05) is 0 Å². The molecule has 0 bridgehead atoms. The summed E-state index contributed by atoms with van der Waals surface area (Å²) in [5.74, 6) is -0.0790. The molecule has 0 aliphatic carbocycles. The number of hydrogen-bond donors (Lipinski definition) is 2. The molecule has 2 aromatic rings. The van der Waals surface area contributed by atoms with E-state index in [2.05, 4.69) is 10.3 Å². The van der Waals surface area contributed by atoms with Crippen molar-refractivity contribution in [3.8, 4) is 0 Å². The predicted molar refractivity (Wildman–Crippen MR) is 119 cm³/mol. The van der Waals surface area contributed by atoms with Gasteiger partial charge in [0.1, 0.15) is 5.60 Å². The second-order valence-corrected chi connectivity index (χ2v) is 9.14. The Balaban J connectivity index is 2.47. The van der Waals surface area contributed by atoms with Gasteiger partial charge in [-0.2, -0.15) is 0 Å². The van der Waals surface area contributed by atoms with Crippen molar-refractivity contribution in [2.24, 2.45) is 4.99 Å². The first kappa shape index (κ1) is 23.2. The van der Waals surface area contributed by atoms with E-state index in [-0.39, 0.29) is 12.0 Å². The van der Waals surface area contributed by atoms with Gasteiger partial charge in [0, 0.05) is 5.54 Å². The van der Waals surface area contributed by atoms with Crippen LogP contribution in [-0.4, -0.2) is 39.3 Å². The zero-order valence-electron chi connectivity index (χ0n) is 18.7. The summed E-state index contributed by atoms with van der Waals surface area (Å²) in [6.45, 7) is 12.5. The molecule has 0 heterocycles. The van der Waals surface area contributed by atoms with E-state index in [1.165, 1.54) is 4.90 Å². The summed E-state index contributed by atoms with van der Waals surface area (Å²) >= 11 is 0. The maximum absolute atomic E-state index is 12.9. The van der Waals surface area contributed by atoms with E-state index in [9.17, 15) is 14.7 Å². The van der Waals surface area contributed by atoms with E-state index in [0.717, 1.165) is 16.3 Å². The summed E-state index contributed by atoms with van der Waals surface area (Å²) in [6.07, 6.45) is -2.08. The Hall–Kier alpha value is -3.09. The molecular weight excluding hydrogens is 382 g/mol. The smallest absolute Gasteiger partial charge is 0.434 e. The molecule has 0 aliphatic rings. The summed E-state index contributed by atoms with van der Waals surface area (Å²) in [4.78, 5) is 29.4. The van der Waals surface area contributed by atoms with Gasteiger partial charge in [-0.3, -0.25) is 0 Å². The van der Waals surface area contributed by atoms with Crippen molar-refractivity contribution in [1.82, 2.24) is 10.2 Å². The molecule has 162 valence electrons. The number of amides is 2. The SMILES string of the molecule is C[C@@H](NC(=NC(=O)O)N(C(=O)OC(C)(C)C)C(C)(C)C)c1cccc2ccccc12. The number of carboxylic acid groups (broad SMARTS) is 1. The summed E-state index contributed by atoms with van der Waals surface area (Å²) in [7, 11) is 0. The third-order valence-corrected chi connectivity index (χ3v) is 4.30. The predicted octanol–water partition coefficient (Wildman–Crippen LogP) is 5.56. The molecule has 0 saturated heterocycles. The van der Waals surface area contributed by atoms with Gasteiger partial charge < -0.3 is 15.2 Å². The molecule has 0 aliphatic heterocycles. The fraction of sp³-hybridized carbons (Fsp3) is 0.435. The van der Waals surface area contributed by atoms with Crippen LogP contribution in [0.2, 0.25) is 0 Å². The van der Waals surface area contributed by atoms with Crippen LogP contribution in [0.25, 0.3) is 10.8 Å². The number of hydrogen-bond acceptors (Lipinski definition) is 3. The summed E-state index contributed by atoms with van der Waals surface area (Å²) < 4.78 is 5.52. The van der Waals surface area contributed by atoms with Gasteiger partial charge in [-0.1, -0.05) is 42.5 Å². The number of benzene rings is 2. The Morgan fingerprint density at radius 3 is 2.20 bits per heavy atom. The molecule has 0 radical (unpaired) electrons. The average Bonchev–Trinajstić information content (AvgIpc) is 2.57. The van der Waals surface area contributed by atoms with E-state index in [4.69, 9.17) is 4.74 Å². The van der Waals surface area contributed by atoms with E-state index in [1.54, 1.807) is 41.5 Å². The van der Waals surface area contributed by atoms with Gasteiger partial charge in [0.25, 0.3) is 0 Å². The van der Waals surface area contributed by atoms with Gasteiger partial charge in [-0.05, 0) is 64.8 Å². The lowest BCUT2D eigenvalue weighted by Gasteiger charge is -2.37. The van der Waals surface area contributed by atoms with Crippen molar-refractivity contribution in [3.05, 3.63) is 48.0 Å². The van der Waals surface area contributed by atoms with E-state index in [1.807, 2.05) is 49.4 Å². The first-order valence-electron chi connectivity index (χ1n) is 9.88. The maximum atomic E-state index is 12.9. The van der Waals surface area contributed by atoms with Gasteiger partial charge in [-0.15, -0.1) is 4.99 Å². The second-order valence-electron chi connectivity index (χ2n) is 9.14. The minimum atomic E-state index is -1.40. The number of nitrogens with one attached hydrogen (secondary N) is 1. The number of nitrogens with zero attached hydrogens (tertiary/aromatic N) is 2. The lowest BCUT2D eigenvalue weighted by Crippen LogP contribution is -2.56. The number of aliphatic imine (C=N–C) groups is 1. The lowest BCUT2D eigenvalue weighted by atomic mass is 9.99. The van der Waals surface area contributed by atoms with Gasteiger partial charge in [0.2, 0.25) is 5.96 Å². The van der Waals surface area contributed by atoms with Gasteiger partial charge in [0.05, 0.1) is 6.04 Å². The van der Waals surface area contributed by atoms with Crippen LogP contribution in [0, 0.1) is 0 Å². The third kappa shape index (κ3) is 5.95. The molecule has 2 rings (SSSR count). The normalized spacial score (nSPS) is 13.6. The molecule has 2 amide bonds. The molecule has 0 unspecified atom stereocenters. The Morgan fingerprint density at radius 1 is 1.03 bits per heavy atom. The monoisotopic (exact) mass is 413 g/mol. The lowest BCUT2D eigenvalue weighted by molar-refractivity contribution is 0.0240. The average molecular weight is 414 g/mol. The number of carbonyl (C=O) groups excluding carboxylic acids is 1. The molecule has 1 atom stereocenters.